The number of urea groups is 1. The number of nitrogens with one attached hydrogen (secondary N) is 4. The van der Waals surface area contributed by atoms with Crippen LogP contribution < -0.4 is 32.7 Å². The second-order valence-electron chi connectivity index (χ2n) is 20.0. The maximum atomic E-state index is 14.5. The largest absolute Gasteiger partial charge is 0.444 e. The summed E-state index contributed by atoms with van der Waals surface area (Å²) in [5.41, 5.74) is 11.1. The van der Waals surface area contributed by atoms with Crippen LogP contribution in [0.15, 0.2) is 43.0 Å². The SMILES string of the molecule is C=C[C@@H](C(=O)N[C@H](C)[C@@H](OCNC(=O)[C@@H](N)CCCNC(N)=O)c1ccccc1)[C@@H](OC)[C@H](C)N(C)C(=O)C[C@@H](OC)[C@H]([C@@H](C)CC)N(C)C(=O)[C@@H](NC(=O)[C@H](C(C)C)N(C)C(=O)OC(C)(C)C)C(C)C. The third-order valence-electron chi connectivity index (χ3n) is 12.8. The van der Waals surface area contributed by atoms with Gasteiger partial charge in [-0.15, -0.1) is 6.58 Å². The minimum Gasteiger partial charge on any atom is -0.444 e. The second-order valence-corrected chi connectivity index (χ2v) is 20.0. The van der Waals surface area contributed by atoms with Gasteiger partial charge in [-0.3, -0.25) is 28.9 Å². The lowest BCUT2D eigenvalue weighted by atomic mass is 9.89. The predicted octanol–water partition coefficient (Wildman–Crippen LogP) is 4.07. The summed E-state index contributed by atoms with van der Waals surface area (Å²) >= 11 is 0. The van der Waals surface area contributed by atoms with Crippen LogP contribution in [0.2, 0.25) is 0 Å². The highest BCUT2D eigenvalue weighted by atomic mass is 16.6. The average molecular weight is 1000 g/mol. The van der Waals surface area contributed by atoms with Crippen molar-refractivity contribution in [2.45, 2.75) is 162 Å². The van der Waals surface area contributed by atoms with Crippen LogP contribution in [0.5, 0.6) is 0 Å². The summed E-state index contributed by atoms with van der Waals surface area (Å²) in [6.07, 6.45) is -0.325. The fourth-order valence-electron chi connectivity index (χ4n) is 8.44. The molecule has 0 aliphatic carbocycles. The number of amides is 8. The maximum Gasteiger partial charge on any atom is 0.410 e. The van der Waals surface area contributed by atoms with Crippen molar-refractivity contribution in [1.82, 2.24) is 36.0 Å². The third-order valence-corrected chi connectivity index (χ3v) is 12.8. The molecular weight excluding hydrogens is 915 g/mol. The van der Waals surface area contributed by atoms with E-state index in [2.05, 4.69) is 27.8 Å². The average Bonchev–Trinajstić information content (AvgIpc) is 3.30. The lowest BCUT2D eigenvalue weighted by molar-refractivity contribution is -0.147. The van der Waals surface area contributed by atoms with E-state index in [1.807, 2.05) is 71.9 Å². The number of hydrogen-bond acceptors (Lipinski definition) is 12. The van der Waals surface area contributed by atoms with Gasteiger partial charge in [-0.25, -0.2) is 9.59 Å². The van der Waals surface area contributed by atoms with Crippen LogP contribution in [0.3, 0.4) is 0 Å². The molecule has 0 aliphatic rings. The van der Waals surface area contributed by atoms with Crippen LogP contribution in [0, 0.1) is 23.7 Å². The first-order chi connectivity index (χ1) is 33.1. The lowest BCUT2D eigenvalue weighted by Gasteiger charge is -2.41. The molecule has 0 heterocycles. The normalized spacial score (nSPS) is 16.3. The summed E-state index contributed by atoms with van der Waals surface area (Å²) in [6.45, 7) is 24.0. The molecule has 0 bridgehead atoms. The molecule has 0 aromatic heterocycles. The second kappa shape index (κ2) is 30.5. The van der Waals surface area contributed by atoms with Crippen molar-refractivity contribution < 1.29 is 52.5 Å². The highest BCUT2D eigenvalue weighted by Gasteiger charge is 2.42. The Bertz CT molecular complexity index is 1860. The predicted molar refractivity (Wildman–Crippen MR) is 273 cm³/mol. The molecule has 8 amide bonds. The fraction of sp³-hybridized carbons (Fsp3) is 0.706. The van der Waals surface area contributed by atoms with E-state index in [-0.39, 0.29) is 49.3 Å². The number of ether oxygens (including phenoxy) is 4. The van der Waals surface area contributed by atoms with Crippen molar-refractivity contribution in [2.75, 3.05) is 48.6 Å². The molecule has 0 saturated heterocycles. The van der Waals surface area contributed by atoms with Gasteiger partial charge in [0.25, 0.3) is 0 Å². The summed E-state index contributed by atoms with van der Waals surface area (Å²) in [5, 5.41) is 11.1. The van der Waals surface area contributed by atoms with Crippen molar-refractivity contribution >= 4 is 41.7 Å². The zero-order valence-electron chi connectivity index (χ0n) is 45.4. The van der Waals surface area contributed by atoms with Crippen molar-refractivity contribution in [1.29, 1.82) is 0 Å². The topological polar surface area (TPSA) is 266 Å². The molecule has 11 atom stereocenters. The Balaban J connectivity index is 3.28. The van der Waals surface area contributed by atoms with Crippen LogP contribution in [0.4, 0.5) is 9.59 Å². The van der Waals surface area contributed by atoms with Crippen molar-refractivity contribution in [3.63, 3.8) is 0 Å². The Hall–Kier alpha value is -5.31. The fourth-order valence-corrected chi connectivity index (χ4v) is 8.44. The molecule has 0 fully saturated rings. The Labute approximate surface area is 423 Å². The highest BCUT2D eigenvalue weighted by Crippen LogP contribution is 2.27. The van der Waals surface area contributed by atoms with Crippen molar-refractivity contribution in [3.05, 3.63) is 48.6 Å². The Morgan fingerprint density at radius 1 is 0.803 bits per heavy atom. The zero-order valence-corrected chi connectivity index (χ0v) is 45.4. The van der Waals surface area contributed by atoms with Gasteiger partial charge in [-0.05, 0) is 70.8 Å². The number of hydrogen-bond donors (Lipinski definition) is 6. The molecule has 8 N–H and O–H groups in total. The summed E-state index contributed by atoms with van der Waals surface area (Å²) in [6, 6.07) is 3.82. The molecule has 1 aromatic carbocycles. The van der Waals surface area contributed by atoms with Crippen LogP contribution in [0.1, 0.15) is 114 Å². The number of nitrogens with two attached hydrogens (primary N) is 2. The van der Waals surface area contributed by atoms with Crippen molar-refractivity contribution in [2.24, 2.45) is 35.1 Å². The highest BCUT2D eigenvalue weighted by molar-refractivity contribution is 5.92. The van der Waals surface area contributed by atoms with Gasteiger partial charge >= 0.3 is 12.1 Å². The molecule has 71 heavy (non-hydrogen) atoms. The molecule has 1 aromatic rings. The van der Waals surface area contributed by atoms with Gasteiger partial charge in [-0.1, -0.05) is 84.4 Å². The van der Waals surface area contributed by atoms with Crippen LogP contribution in [-0.2, 0) is 42.9 Å². The standard InChI is InChI=1S/C51H89N9O11/c1-18-32(7)42(59(14)48(65)40(30(3)4)57-47(64)41(31(5)6)60(15)50(67)71-51(10,11)12)38(68-16)28-39(61)58(13)34(9)44(69-17)36(19-2)45(62)56-33(8)43(35-24-21-20-22-25-35)70-29-55-46(63)37(52)26-23-27-54-49(53)66/h19-22,24-25,30-34,36-38,40-44H,2,18,23,26-29,52H2,1,3-17H3,(H,55,63)(H,56,62)(H,57,64)(H3,53,54,66)/t32-,33+,34-,36+,37-,38+,40-,41-,42-,43+,44-/m0/s1. The summed E-state index contributed by atoms with van der Waals surface area (Å²) in [5.74, 6) is -3.89. The maximum absolute atomic E-state index is 14.5. The van der Waals surface area contributed by atoms with Crippen LogP contribution in [0.25, 0.3) is 0 Å². The number of nitrogens with zero attached hydrogens (tertiary/aromatic N) is 3. The van der Waals surface area contributed by atoms with Crippen LogP contribution >= 0.6 is 0 Å². The first kappa shape index (κ1) is 63.7. The van der Waals surface area contributed by atoms with E-state index in [0.717, 1.165) is 5.56 Å². The number of benzene rings is 1. The summed E-state index contributed by atoms with van der Waals surface area (Å²) in [7, 11) is 7.68. The summed E-state index contributed by atoms with van der Waals surface area (Å²) < 4.78 is 23.6. The Kier molecular flexibility index (Phi) is 27.4. The molecule has 0 unspecified atom stereocenters. The smallest absolute Gasteiger partial charge is 0.410 e. The molecule has 0 saturated carbocycles. The van der Waals surface area contributed by atoms with E-state index >= 15 is 0 Å². The first-order valence-corrected chi connectivity index (χ1v) is 24.6. The number of rotatable bonds is 30. The monoisotopic (exact) mass is 1000 g/mol. The van der Waals surface area contributed by atoms with Gasteiger partial charge in [0.05, 0.1) is 48.7 Å². The zero-order chi connectivity index (χ0) is 54.5. The molecule has 0 aliphatic heterocycles. The van der Waals surface area contributed by atoms with Gasteiger partial charge in [0, 0.05) is 41.9 Å². The number of carbonyl (C=O) groups excluding carboxylic acids is 7. The molecule has 0 radical (unpaired) electrons. The number of methoxy groups -OCH3 is 2. The first-order valence-electron chi connectivity index (χ1n) is 24.6. The summed E-state index contributed by atoms with van der Waals surface area (Å²) in [4.78, 5) is 97.9. The third kappa shape index (κ3) is 20.0. The van der Waals surface area contributed by atoms with Crippen molar-refractivity contribution in [3.8, 4) is 0 Å². The van der Waals surface area contributed by atoms with E-state index in [4.69, 9.17) is 30.4 Å². The van der Waals surface area contributed by atoms with E-state index in [1.165, 1.54) is 37.1 Å². The lowest BCUT2D eigenvalue weighted by Crippen LogP contribution is -2.60. The minimum absolute atomic E-state index is 0.138. The molecule has 404 valence electrons. The van der Waals surface area contributed by atoms with E-state index < -0.39 is 95.9 Å². The minimum atomic E-state index is -0.981. The van der Waals surface area contributed by atoms with E-state index in [9.17, 15) is 33.6 Å². The number of carbonyl (C=O) groups is 7. The molecular formula is C51H89N9O11. The quantitative estimate of drug-likeness (QED) is 0.0362. The van der Waals surface area contributed by atoms with Gasteiger partial charge < -0.3 is 61.5 Å². The molecule has 1 rings (SSSR count). The van der Waals surface area contributed by atoms with Gasteiger partial charge in [0.15, 0.2) is 0 Å². The van der Waals surface area contributed by atoms with E-state index in [1.54, 1.807) is 53.6 Å². The van der Waals surface area contributed by atoms with Crippen LogP contribution in [-0.4, -0.2) is 159 Å². The number of likely N-dealkylation sites (N-methyl/N-ethyl adjacent to an activating group) is 3. The Morgan fingerprint density at radius 2 is 1.41 bits per heavy atom. The van der Waals surface area contributed by atoms with Gasteiger partial charge in [-0.2, -0.15) is 0 Å². The van der Waals surface area contributed by atoms with Gasteiger partial charge in [0.2, 0.25) is 29.5 Å². The Morgan fingerprint density at radius 3 is 1.90 bits per heavy atom. The van der Waals surface area contributed by atoms with Gasteiger partial charge in [0.1, 0.15) is 30.5 Å². The van der Waals surface area contributed by atoms with E-state index in [0.29, 0.717) is 19.3 Å². The number of primary amides is 1. The molecule has 20 nitrogen and oxygen atoms in total. The molecule has 20 heteroatoms. The molecule has 0 spiro atoms.